The summed E-state index contributed by atoms with van der Waals surface area (Å²) in [6.45, 7) is 0. The Morgan fingerprint density at radius 3 is 2.29 bits per heavy atom. The normalized spacial score (nSPS) is 12.1. The number of Topliss-reactive ketones (excluding diaryl/α,β-unsaturated/α-hetero) is 1. The number of carbonyl (C=O) groups excluding carboxylic acids is 2. The average molecular weight is 192 g/mol. The summed E-state index contributed by atoms with van der Waals surface area (Å²) in [7, 11) is 0. The molecule has 0 spiro atoms. The van der Waals surface area contributed by atoms with E-state index in [0.29, 0.717) is 5.56 Å². The maximum Gasteiger partial charge on any atom is 0.220 e. The number of ketones is 1. The zero-order valence-corrected chi connectivity index (χ0v) is 7.47. The van der Waals surface area contributed by atoms with Gasteiger partial charge in [0.25, 0.3) is 0 Å². The first kappa shape index (κ1) is 10.4. The molecule has 0 aliphatic heterocycles. The third-order valence-corrected chi connectivity index (χ3v) is 1.74. The Hall–Kier alpha value is -1.68. The average Bonchev–Trinajstić information content (AvgIpc) is 2.17. The lowest BCUT2D eigenvalue weighted by molar-refractivity contribution is -0.120. The van der Waals surface area contributed by atoms with Crippen LogP contribution in [0.2, 0.25) is 0 Å². The van der Waals surface area contributed by atoms with Gasteiger partial charge in [-0.2, -0.15) is 0 Å². The molecule has 0 aliphatic carbocycles. The molecule has 1 aromatic carbocycles. The molecule has 1 amide bonds. The SMILES string of the molecule is NC(=O)CC([O])C(=O)c1ccccc1. The summed E-state index contributed by atoms with van der Waals surface area (Å²) in [6.07, 6.45) is -2.04. The van der Waals surface area contributed by atoms with Gasteiger partial charge < -0.3 is 5.73 Å². The van der Waals surface area contributed by atoms with Gasteiger partial charge in [0.1, 0.15) is 0 Å². The van der Waals surface area contributed by atoms with Gasteiger partial charge in [-0.3, -0.25) is 9.59 Å². The molecule has 0 saturated heterocycles. The van der Waals surface area contributed by atoms with Crippen molar-refractivity contribution in [1.82, 2.24) is 0 Å². The number of nitrogens with two attached hydrogens (primary N) is 1. The van der Waals surface area contributed by atoms with E-state index in [2.05, 4.69) is 0 Å². The molecule has 0 fully saturated rings. The van der Waals surface area contributed by atoms with Crippen LogP contribution in [0.5, 0.6) is 0 Å². The van der Waals surface area contributed by atoms with Crippen molar-refractivity contribution in [2.24, 2.45) is 5.73 Å². The smallest absolute Gasteiger partial charge is 0.220 e. The van der Waals surface area contributed by atoms with E-state index in [4.69, 9.17) is 5.73 Å². The predicted octanol–water partition coefficient (Wildman–Crippen LogP) is 0.544. The van der Waals surface area contributed by atoms with Gasteiger partial charge in [0.05, 0.1) is 6.42 Å². The molecule has 4 nitrogen and oxygen atoms in total. The molecule has 1 unspecified atom stereocenters. The fourth-order valence-corrected chi connectivity index (χ4v) is 1.06. The second kappa shape index (κ2) is 4.53. The van der Waals surface area contributed by atoms with Crippen LogP contribution >= 0.6 is 0 Å². The molecule has 2 N–H and O–H groups in total. The number of hydrogen-bond acceptors (Lipinski definition) is 2. The molecule has 0 saturated carbocycles. The fraction of sp³-hybridized carbons (Fsp3) is 0.200. The number of hydrogen-bond donors (Lipinski definition) is 1. The summed E-state index contributed by atoms with van der Waals surface area (Å²) in [5.74, 6) is -1.35. The highest BCUT2D eigenvalue weighted by Crippen LogP contribution is 2.05. The maximum atomic E-state index is 11.4. The molecule has 73 valence electrons. The summed E-state index contributed by atoms with van der Waals surface area (Å²) in [5, 5.41) is 11.2. The highest BCUT2D eigenvalue weighted by atomic mass is 16.3. The number of amides is 1. The third kappa shape index (κ3) is 2.67. The summed E-state index contributed by atoms with van der Waals surface area (Å²) in [4.78, 5) is 21.8. The molecule has 0 bridgehead atoms. The minimum Gasteiger partial charge on any atom is -0.370 e. The van der Waals surface area contributed by atoms with Gasteiger partial charge in [-0.25, -0.2) is 5.11 Å². The first-order valence-corrected chi connectivity index (χ1v) is 4.14. The van der Waals surface area contributed by atoms with Gasteiger partial charge in [-0.1, -0.05) is 30.3 Å². The summed E-state index contributed by atoms with van der Waals surface area (Å²) >= 11 is 0. The minimum atomic E-state index is -1.59. The van der Waals surface area contributed by atoms with E-state index in [0.717, 1.165) is 0 Å². The lowest BCUT2D eigenvalue weighted by Crippen LogP contribution is -2.26. The van der Waals surface area contributed by atoms with Crippen molar-refractivity contribution in [2.45, 2.75) is 12.5 Å². The van der Waals surface area contributed by atoms with Gasteiger partial charge in [-0.15, -0.1) is 0 Å². The highest BCUT2D eigenvalue weighted by molar-refractivity contribution is 6.01. The van der Waals surface area contributed by atoms with Crippen LogP contribution in [0.4, 0.5) is 0 Å². The minimum absolute atomic E-state index is 0.314. The number of rotatable bonds is 4. The van der Waals surface area contributed by atoms with Crippen LogP contribution in [0.25, 0.3) is 0 Å². The second-order valence-corrected chi connectivity index (χ2v) is 2.89. The molecule has 0 aromatic heterocycles. The van der Waals surface area contributed by atoms with Crippen LogP contribution in [0.1, 0.15) is 16.8 Å². The summed E-state index contributed by atoms with van der Waals surface area (Å²) in [5.41, 5.74) is 5.13. The van der Waals surface area contributed by atoms with Crippen molar-refractivity contribution < 1.29 is 14.7 Å². The van der Waals surface area contributed by atoms with E-state index in [-0.39, 0.29) is 0 Å². The highest BCUT2D eigenvalue weighted by Gasteiger charge is 2.20. The van der Waals surface area contributed by atoms with Gasteiger partial charge in [0, 0.05) is 5.56 Å². The Bertz CT molecular complexity index is 334. The molecule has 1 radical (unpaired) electrons. The van der Waals surface area contributed by atoms with Gasteiger partial charge in [0.15, 0.2) is 11.9 Å². The van der Waals surface area contributed by atoms with Crippen molar-refractivity contribution in [3.63, 3.8) is 0 Å². The van der Waals surface area contributed by atoms with Gasteiger partial charge in [-0.05, 0) is 0 Å². The monoisotopic (exact) mass is 192 g/mol. The number of benzene rings is 1. The second-order valence-electron chi connectivity index (χ2n) is 2.89. The largest absolute Gasteiger partial charge is 0.370 e. The quantitative estimate of drug-likeness (QED) is 0.706. The van der Waals surface area contributed by atoms with Crippen molar-refractivity contribution >= 4 is 11.7 Å². The molecule has 1 atom stereocenters. The van der Waals surface area contributed by atoms with Crippen LogP contribution < -0.4 is 5.73 Å². The van der Waals surface area contributed by atoms with E-state index < -0.39 is 24.2 Å². The fourth-order valence-electron chi connectivity index (χ4n) is 1.06. The number of carbonyl (C=O) groups is 2. The van der Waals surface area contributed by atoms with Crippen LogP contribution in [-0.2, 0) is 9.90 Å². The van der Waals surface area contributed by atoms with Crippen LogP contribution in [0.3, 0.4) is 0 Å². The Kier molecular flexibility index (Phi) is 3.36. The van der Waals surface area contributed by atoms with E-state index in [9.17, 15) is 14.7 Å². The van der Waals surface area contributed by atoms with E-state index in [1.165, 1.54) is 12.1 Å². The van der Waals surface area contributed by atoms with Gasteiger partial charge >= 0.3 is 0 Å². The van der Waals surface area contributed by atoms with Crippen LogP contribution in [-0.4, -0.2) is 17.8 Å². The first-order chi connectivity index (χ1) is 6.61. The van der Waals surface area contributed by atoms with Crippen molar-refractivity contribution in [3.8, 4) is 0 Å². The zero-order valence-electron chi connectivity index (χ0n) is 7.47. The lowest BCUT2D eigenvalue weighted by atomic mass is 10.0. The lowest BCUT2D eigenvalue weighted by Gasteiger charge is -2.04. The maximum absolute atomic E-state index is 11.4. The summed E-state index contributed by atoms with van der Waals surface area (Å²) < 4.78 is 0. The molecule has 1 rings (SSSR count). The van der Waals surface area contributed by atoms with Crippen molar-refractivity contribution in [2.75, 3.05) is 0 Å². The van der Waals surface area contributed by atoms with Crippen LogP contribution in [0, 0.1) is 0 Å². The van der Waals surface area contributed by atoms with Crippen molar-refractivity contribution in [1.29, 1.82) is 0 Å². The standard InChI is InChI=1S/C10H10NO3/c11-9(13)6-8(12)10(14)7-4-2-1-3-5-7/h1-5,8H,6H2,(H2,11,13). The molecular formula is C10H10NO3. The third-order valence-electron chi connectivity index (χ3n) is 1.74. The molecule has 4 heteroatoms. The topological polar surface area (TPSA) is 80.1 Å². The first-order valence-electron chi connectivity index (χ1n) is 4.14. The van der Waals surface area contributed by atoms with Gasteiger partial charge in [0.2, 0.25) is 5.91 Å². The molecule has 14 heavy (non-hydrogen) atoms. The molecule has 0 heterocycles. The molecule has 1 aromatic rings. The van der Waals surface area contributed by atoms with E-state index in [1.54, 1.807) is 18.2 Å². The molecule has 0 aliphatic rings. The Morgan fingerprint density at radius 1 is 1.21 bits per heavy atom. The van der Waals surface area contributed by atoms with Crippen molar-refractivity contribution in [3.05, 3.63) is 35.9 Å². The van der Waals surface area contributed by atoms with E-state index in [1.807, 2.05) is 0 Å². The zero-order chi connectivity index (χ0) is 10.6. The molecular weight excluding hydrogens is 182 g/mol. The summed E-state index contributed by atoms with van der Waals surface area (Å²) in [6, 6.07) is 8.13. The predicted molar refractivity (Wildman–Crippen MR) is 49.1 cm³/mol. The van der Waals surface area contributed by atoms with Crippen LogP contribution in [0.15, 0.2) is 30.3 Å². The Labute approximate surface area is 81.3 Å². The Morgan fingerprint density at radius 2 is 1.79 bits per heavy atom. The number of primary amides is 1. The van der Waals surface area contributed by atoms with E-state index >= 15 is 0 Å². The Balaban J connectivity index is 2.71.